The van der Waals surface area contributed by atoms with Crippen molar-refractivity contribution in [3.05, 3.63) is 0 Å². The van der Waals surface area contributed by atoms with Gasteiger partial charge >= 0.3 is 0 Å². The van der Waals surface area contributed by atoms with E-state index in [0.717, 1.165) is 0 Å². The summed E-state index contributed by atoms with van der Waals surface area (Å²) >= 11 is 0. The molecule has 0 unspecified atom stereocenters. The highest BCUT2D eigenvalue weighted by atomic mass is 32.2. The van der Waals surface area contributed by atoms with Crippen LogP contribution in [-0.4, -0.2) is 37.9 Å². The third kappa shape index (κ3) is 5.04. The van der Waals surface area contributed by atoms with Gasteiger partial charge in [-0.1, -0.05) is 0 Å². The monoisotopic (exact) mass is 264 g/mol. The Balaban J connectivity index is 4.16. The molecule has 0 spiro atoms. The van der Waals surface area contributed by atoms with E-state index in [-0.39, 0.29) is 5.75 Å². The van der Waals surface area contributed by atoms with Crippen LogP contribution in [0, 0.1) is 5.41 Å². The Morgan fingerprint density at radius 1 is 1.18 bits per heavy atom. The van der Waals surface area contributed by atoms with E-state index in [1.54, 1.807) is 34.6 Å². The van der Waals surface area contributed by atoms with Crippen molar-refractivity contribution in [1.82, 2.24) is 5.32 Å². The number of hydrogen-bond acceptors (Lipinski definition) is 4. The van der Waals surface area contributed by atoms with Gasteiger partial charge in [0.15, 0.2) is 9.84 Å². The SMILES string of the molecule is CC(C)(CNCCS(=O)(=O)C(C)(C)C)C(N)=O. The summed E-state index contributed by atoms with van der Waals surface area (Å²) in [5.41, 5.74) is 4.55. The van der Waals surface area contributed by atoms with E-state index in [2.05, 4.69) is 5.32 Å². The van der Waals surface area contributed by atoms with E-state index in [1.165, 1.54) is 0 Å². The fourth-order valence-corrected chi connectivity index (χ4v) is 2.03. The van der Waals surface area contributed by atoms with Crippen LogP contribution in [0.1, 0.15) is 34.6 Å². The van der Waals surface area contributed by atoms with Crippen molar-refractivity contribution in [2.45, 2.75) is 39.4 Å². The van der Waals surface area contributed by atoms with Gasteiger partial charge in [-0.25, -0.2) is 8.42 Å². The van der Waals surface area contributed by atoms with Gasteiger partial charge in [0.2, 0.25) is 5.91 Å². The van der Waals surface area contributed by atoms with Gasteiger partial charge in [-0.3, -0.25) is 4.79 Å². The molecule has 0 aromatic heterocycles. The lowest BCUT2D eigenvalue weighted by atomic mass is 9.93. The first-order valence-electron chi connectivity index (χ1n) is 5.63. The van der Waals surface area contributed by atoms with Crippen LogP contribution in [0.25, 0.3) is 0 Å². The normalized spacial score (nSPS) is 13.7. The average molecular weight is 264 g/mol. The van der Waals surface area contributed by atoms with Crippen LogP contribution in [0.5, 0.6) is 0 Å². The molecule has 1 amide bonds. The van der Waals surface area contributed by atoms with Gasteiger partial charge in [0.05, 0.1) is 15.9 Å². The van der Waals surface area contributed by atoms with Gasteiger partial charge in [0.1, 0.15) is 0 Å². The van der Waals surface area contributed by atoms with Crippen LogP contribution in [0.15, 0.2) is 0 Å². The third-order valence-electron chi connectivity index (χ3n) is 2.71. The molecule has 0 radical (unpaired) electrons. The highest BCUT2D eigenvalue weighted by molar-refractivity contribution is 7.92. The average Bonchev–Trinajstić information content (AvgIpc) is 2.10. The first-order valence-corrected chi connectivity index (χ1v) is 7.28. The second-order valence-electron chi connectivity index (χ2n) is 5.86. The van der Waals surface area contributed by atoms with Crippen molar-refractivity contribution in [2.75, 3.05) is 18.8 Å². The molecule has 0 saturated heterocycles. The molecule has 102 valence electrons. The maximum atomic E-state index is 11.8. The molecule has 0 aromatic rings. The van der Waals surface area contributed by atoms with Crippen molar-refractivity contribution in [1.29, 1.82) is 0 Å². The Kier molecular flexibility index (Phi) is 5.16. The van der Waals surface area contributed by atoms with Crippen molar-refractivity contribution in [3.8, 4) is 0 Å². The molecule has 5 nitrogen and oxygen atoms in total. The largest absolute Gasteiger partial charge is 0.369 e. The zero-order chi connectivity index (χ0) is 13.9. The summed E-state index contributed by atoms with van der Waals surface area (Å²) < 4.78 is 22.8. The van der Waals surface area contributed by atoms with Crippen LogP contribution >= 0.6 is 0 Å². The first kappa shape index (κ1) is 16.4. The van der Waals surface area contributed by atoms with E-state index >= 15 is 0 Å². The molecule has 6 heteroatoms. The van der Waals surface area contributed by atoms with Crippen LogP contribution in [0.4, 0.5) is 0 Å². The number of sulfone groups is 1. The van der Waals surface area contributed by atoms with Crippen molar-refractivity contribution in [3.63, 3.8) is 0 Å². The molecular weight excluding hydrogens is 240 g/mol. The van der Waals surface area contributed by atoms with Gasteiger partial charge in [0, 0.05) is 13.1 Å². The first-order chi connectivity index (χ1) is 7.40. The predicted octanol–water partition coefficient (Wildman–Crippen LogP) is 0.301. The summed E-state index contributed by atoms with van der Waals surface area (Å²) in [6, 6.07) is 0. The van der Waals surface area contributed by atoms with Crippen LogP contribution in [-0.2, 0) is 14.6 Å². The lowest BCUT2D eigenvalue weighted by Gasteiger charge is -2.22. The Hall–Kier alpha value is -0.620. The molecule has 0 atom stereocenters. The molecule has 17 heavy (non-hydrogen) atoms. The summed E-state index contributed by atoms with van der Waals surface area (Å²) in [7, 11) is -3.11. The van der Waals surface area contributed by atoms with Crippen LogP contribution < -0.4 is 11.1 Å². The minimum Gasteiger partial charge on any atom is -0.369 e. The Morgan fingerprint density at radius 3 is 2.00 bits per heavy atom. The molecule has 0 aliphatic heterocycles. The summed E-state index contributed by atoms with van der Waals surface area (Å²) in [5, 5.41) is 2.96. The van der Waals surface area contributed by atoms with Gasteiger partial charge < -0.3 is 11.1 Å². The van der Waals surface area contributed by atoms with E-state index < -0.39 is 25.9 Å². The fraction of sp³-hybridized carbons (Fsp3) is 0.909. The second-order valence-corrected chi connectivity index (χ2v) is 8.72. The molecule has 0 fully saturated rings. The molecule has 0 saturated carbocycles. The minimum absolute atomic E-state index is 0.0609. The minimum atomic E-state index is -3.11. The van der Waals surface area contributed by atoms with E-state index in [4.69, 9.17) is 5.73 Å². The van der Waals surface area contributed by atoms with E-state index in [1.807, 2.05) is 0 Å². The third-order valence-corrected chi connectivity index (χ3v) is 5.32. The van der Waals surface area contributed by atoms with Crippen molar-refractivity contribution >= 4 is 15.7 Å². The summed E-state index contributed by atoms with van der Waals surface area (Å²) in [6.45, 7) is 9.18. The zero-order valence-corrected chi connectivity index (χ0v) is 12.1. The molecule has 3 N–H and O–H groups in total. The number of nitrogens with one attached hydrogen (secondary N) is 1. The summed E-state index contributed by atoms with van der Waals surface area (Å²) in [4.78, 5) is 11.0. The number of amides is 1. The number of rotatable bonds is 6. The molecule has 0 aromatic carbocycles. The van der Waals surface area contributed by atoms with Crippen molar-refractivity contribution in [2.24, 2.45) is 11.1 Å². The lowest BCUT2D eigenvalue weighted by molar-refractivity contribution is -0.125. The summed E-state index contributed by atoms with van der Waals surface area (Å²) in [6.07, 6.45) is 0. The van der Waals surface area contributed by atoms with Crippen LogP contribution in [0.3, 0.4) is 0 Å². The number of hydrogen-bond donors (Lipinski definition) is 2. The molecule has 0 aliphatic carbocycles. The highest BCUT2D eigenvalue weighted by Crippen LogP contribution is 2.15. The molecule has 0 bridgehead atoms. The van der Waals surface area contributed by atoms with Gasteiger partial charge in [0.25, 0.3) is 0 Å². The molecule has 0 heterocycles. The molecular formula is C11H24N2O3S. The van der Waals surface area contributed by atoms with E-state index in [0.29, 0.717) is 13.1 Å². The summed E-state index contributed by atoms with van der Waals surface area (Å²) in [5.74, 6) is -0.339. The van der Waals surface area contributed by atoms with Crippen molar-refractivity contribution < 1.29 is 13.2 Å². The smallest absolute Gasteiger partial charge is 0.224 e. The Morgan fingerprint density at radius 2 is 1.65 bits per heavy atom. The van der Waals surface area contributed by atoms with Crippen LogP contribution in [0.2, 0.25) is 0 Å². The number of nitrogens with two attached hydrogens (primary N) is 1. The topological polar surface area (TPSA) is 89.3 Å². The quantitative estimate of drug-likeness (QED) is 0.675. The Bertz CT molecular complexity index is 367. The van der Waals surface area contributed by atoms with Gasteiger partial charge in [-0.05, 0) is 34.6 Å². The lowest BCUT2D eigenvalue weighted by Crippen LogP contribution is -2.42. The molecule has 0 rings (SSSR count). The van der Waals surface area contributed by atoms with E-state index in [9.17, 15) is 13.2 Å². The van der Waals surface area contributed by atoms with Gasteiger partial charge in [-0.2, -0.15) is 0 Å². The molecule has 0 aliphatic rings. The Labute approximate surface area is 104 Å². The fourth-order valence-electron chi connectivity index (χ4n) is 1.00. The maximum absolute atomic E-state index is 11.8. The zero-order valence-electron chi connectivity index (χ0n) is 11.3. The number of carbonyl (C=O) groups is 1. The maximum Gasteiger partial charge on any atom is 0.224 e. The number of carbonyl (C=O) groups excluding carboxylic acids is 1. The van der Waals surface area contributed by atoms with Gasteiger partial charge in [-0.15, -0.1) is 0 Å². The second kappa shape index (κ2) is 5.35. The predicted molar refractivity (Wildman–Crippen MR) is 69.4 cm³/mol. The standard InChI is InChI=1S/C11H24N2O3S/c1-10(2,3)17(15,16)7-6-13-8-11(4,5)9(12)14/h13H,6-8H2,1-5H3,(H2,12,14). The highest BCUT2D eigenvalue weighted by Gasteiger charge is 2.29. The number of primary amides is 1.